The summed E-state index contributed by atoms with van der Waals surface area (Å²) in [5.74, 6) is -1.16. The number of halogens is 1. The summed E-state index contributed by atoms with van der Waals surface area (Å²) in [5.41, 5.74) is 1.02. The summed E-state index contributed by atoms with van der Waals surface area (Å²) in [6.07, 6.45) is 0. The number of fused-ring (bicyclic) bond motifs is 1. The molecule has 1 aliphatic rings. The van der Waals surface area contributed by atoms with Crippen molar-refractivity contribution < 1.29 is 14.0 Å². The summed E-state index contributed by atoms with van der Waals surface area (Å²) in [7, 11) is 0. The minimum absolute atomic E-state index is 0.0622. The first-order valence-electron chi connectivity index (χ1n) is 6.12. The summed E-state index contributed by atoms with van der Waals surface area (Å²) in [6, 6.07) is 12.7. The molecule has 0 bridgehead atoms. The molecular formula is C15H11FN2O2. The molecule has 1 heterocycles. The van der Waals surface area contributed by atoms with Crippen LogP contribution in [0.15, 0.2) is 48.5 Å². The lowest BCUT2D eigenvalue weighted by Crippen LogP contribution is -2.34. The van der Waals surface area contributed by atoms with Gasteiger partial charge in [-0.15, -0.1) is 0 Å². The molecule has 0 aromatic heterocycles. The fourth-order valence-corrected chi connectivity index (χ4v) is 2.15. The number of carbonyl (C=O) groups is 2. The zero-order valence-corrected chi connectivity index (χ0v) is 10.5. The highest BCUT2D eigenvalue weighted by atomic mass is 19.1. The van der Waals surface area contributed by atoms with Crippen LogP contribution in [0.5, 0.6) is 0 Å². The second-order valence-electron chi connectivity index (χ2n) is 4.40. The molecule has 0 saturated heterocycles. The Morgan fingerprint density at radius 2 is 1.45 bits per heavy atom. The molecule has 2 aromatic carbocycles. The Morgan fingerprint density at radius 1 is 0.900 bits per heavy atom. The highest BCUT2D eigenvalue weighted by Gasteiger charge is 2.34. The van der Waals surface area contributed by atoms with Gasteiger partial charge in [-0.2, -0.15) is 0 Å². The normalized spacial score (nSPS) is 13.6. The number of hydrogen-bond donors (Lipinski definition) is 1. The van der Waals surface area contributed by atoms with Crippen LogP contribution in [-0.2, 0) is 0 Å². The first-order valence-corrected chi connectivity index (χ1v) is 6.12. The fraction of sp³-hybridized carbons (Fsp3) is 0.0667. The van der Waals surface area contributed by atoms with Crippen molar-refractivity contribution in [3.63, 3.8) is 0 Å². The van der Waals surface area contributed by atoms with Crippen LogP contribution in [0, 0.1) is 5.82 Å². The van der Waals surface area contributed by atoms with Crippen molar-refractivity contribution in [2.45, 2.75) is 0 Å². The molecule has 0 spiro atoms. The van der Waals surface area contributed by atoms with Crippen molar-refractivity contribution in [1.82, 2.24) is 4.90 Å². The number of anilines is 1. The lowest BCUT2D eigenvalue weighted by Gasteiger charge is -2.15. The molecule has 100 valence electrons. The van der Waals surface area contributed by atoms with Crippen molar-refractivity contribution in [2.24, 2.45) is 0 Å². The van der Waals surface area contributed by atoms with Gasteiger partial charge in [-0.3, -0.25) is 14.5 Å². The van der Waals surface area contributed by atoms with Gasteiger partial charge in [-0.25, -0.2) is 4.39 Å². The molecule has 1 N–H and O–H groups in total. The molecule has 0 radical (unpaired) electrons. The number of imide groups is 1. The van der Waals surface area contributed by atoms with Crippen LogP contribution in [-0.4, -0.2) is 23.4 Å². The second-order valence-corrected chi connectivity index (χ2v) is 4.40. The third-order valence-corrected chi connectivity index (χ3v) is 3.18. The van der Waals surface area contributed by atoms with Gasteiger partial charge in [0.1, 0.15) is 5.82 Å². The van der Waals surface area contributed by atoms with Crippen molar-refractivity contribution >= 4 is 17.5 Å². The summed E-state index contributed by atoms with van der Waals surface area (Å²) in [6.45, 7) is -0.0622. The van der Waals surface area contributed by atoms with Crippen molar-refractivity contribution in [1.29, 1.82) is 0 Å². The fourth-order valence-electron chi connectivity index (χ4n) is 2.15. The van der Waals surface area contributed by atoms with E-state index in [1.165, 1.54) is 6.07 Å². The predicted octanol–water partition coefficient (Wildman–Crippen LogP) is 2.49. The van der Waals surface area contributed by atoms with E-state index in [-0.39, 0.29) is 24.2 Å². The van der Waals surface area contributed by atoms with Gasteiger partial charge in [0, 0.05) is 0 Å². The molecule has 0 saturated carbocycles. The molecule has 0 fully saturated rings. The van der Waals surface area contributed by atoms with E-state index in [1.54, 1.807) is 42.5 Å². The maximum Gasteiger partial charge on any atom is 0.263 e. The van der Waals surface area contributed by atoms with Crippen molar-refractivity contribution in [2.75, 3.05) is 12.0 Å². The van der Waals surface area contributed by atoms with Crippen LogP contribution in [0.1, 0.15) is 20.7 Å². The van der Waals surface area contributed by atoms with E-state index in [4.69, 9.17) is 0 Å². The molecule has 2 amide bonds. The van der Waals surface area contributed by atoms with Crippen molar-refractivity contribution in [3.05, 3.63) is 65.5 Å². The topological polar surface area (TPSA) is 49.4 Å². The third-order valence-electron chi connectivity index (χ3n) is 3.18. The molecular weight excluding hydrogens is 259 g/mol. The average molecular weight is 270 g/mol. The number of rotatable bonds is 3. The lowest BCUT2D eigenvalue weighted by atomic mass is 10.1. The van der Waals surface area contributed by atoms with Crippen LogP contribution < -0.4 is 5.32 Å². The maximum atomic E-state index is 13.5. The minimum atomic E-state index is -0.427. The Labute approximate surface area is 114 Å². The highest BCUT2D eigenvalue weighted by Crippen LogP contribution is 2.22. The van der Waals surface area contributed by atoms with Crippen LogP contribution in [0.25, 0.3) is 0 Å². The van der Waals surface area contributed by atoms with E-state index in [9.17, 15) is 14.0 Å². The lowest BCUT2D eigenvalue weighted by molar-refractivity contribution is 0.0665. The smallest absolute Gasteiger partial charge is 0.263 e. The molecule has 5 heteroatoms. The largest absolute Gasteiger partial charge is 0.365 e. The van der Waals surface area contributed by atoms with E-state index in [2.05, 4.69) is 5.32 Å². The van der Waals surface area contributed by atoms with E-state index < -0.39 is 5.82 Å². The van der Waals surface area contributed by atoms with Crippen LogP contribution in [0.4, 0.5) is 10.1 Å². The summed E-state index contributed by atoms with van der Waals surface area (Å²) in [4.78, 5) is 25.2. The SMILES string of the molecule is O=C1c2ccccc2C(=O)N1CNc1ccccc1F. The van der Waals surface area contributed by atoms with Gasteiger partial charge in [-0.05, 0) is 24.3 Å². The average Bonchev–Trinajstić information content (AvgIpc) is 2.71. The van der Waals surface area contributed by atoms with Gasteiger partial charge < -0.3 is 5.32 Å². The zero-order valence-electron chi connectivity index (χ0n) is 10.5. The van der Waals surface area contributed by atoms with Gasteiger partial charge in [0.05, 0.1) is 23.5 Å². The van der Waals surface area contributed by atoms with Crippen molar-refractivity contribution in [3.8, 4) is 0 Å². The van der Waals surface area contributed by atoms with Gasteiger partial charge in [-0.1, -0.05) is 24.3 Å². The molecule has 0 aliphatic carbocycles. The highest BCUT2D eigenvalue weighted by molar-refractivity contribution is 6.21. The molecule has 1 aliphatic heterocycles. The summed E-state index contributed by atoms with van der Waals surface area (Å²) in [5, 5.41) is 2.76. The van der Waals surface area contributed by atoms with E-state index >= 15 is 0 Å². The number of benzene rings is 2. The Bertz CT molecular complexity index is 665. The van der Waals surface area contributed by atoms with Gasteiger partial charge in [0.15, 0.2) is 0 Å². The van der Waals surface area contributed by atoms with Crippen LogP contribution in [0.3, 0.4) is 0 Å². The van der Waals surface area contributed by atoms with Crippen LogP contribution >= 0.6 is 0 Å². The molecule has 3 rings (SSSR count). The zero-order chi connectivity index (χ0) is 14.1. The maximum absolute atomic E-state index is 13.5. The number of amides is 2. The van der Waals surface area contributed by atoms with Gasteiger partial charge in [0.2, 0.25) is 0 Å². The van der Waals surface area contributed by atoms with Crippen LogP contribution in [0.2, 0.25) is 0 Å². The number of hydrogen-bond acceptors (Lipinski definition) is 3. The number of carbonyl (C=O) groups excluding carboxylic acids is 2. The minimum Gasteiger partial charge on any atom is -0.365 e. The first-order chi connectivity index (χ1) is 9.68. The molecule has 2 aromatic rings. The molecule has 20 heavy (non-hydrogen) atoms. The Hall–Kier alpha value is -2.69. The Balaban J connectivity index is 1.79. The Morgan fingerprint density at radius 3 is 2.05 bits per heavy atom. The standard InChI is InChI=1S/C15H11FN2O2/c16-12-7-3-4-8-13(12)17-9-18-14(19)10-5-1-2-6-11(10)15(18)20/h1-8,17H,9H2. The second kappa shape index (κ2) is 4.77. The van der Waals surface area contributed by atoms with E-state index in [0.29, 0.717) is 11.1 Å². The number of nitrogens with zero attached hydrogens (tertiary/aromatic N) is 1. The van der Waals surface area contributed by atoms with E-state index in [0.717, 1.165) is 4.90 Å². The summed E-state index contributed by atoms with van der Waals surface area (Å²) >= 11 is 0. The summed E-state index contributed by atoms with van der Waals surface area (Å²) < 4.78 is 13.5. The molecule has 0 unspecified atom stereocenters. The quantitative estimate of drug-likeness (QED) is 0.872. The van der Waals surface area contributed by atoms with E-state index in [1.807, 2.05) is 0 Å². The molecule has 0 atom stereocenters. The van der Waals surface area contributed by atoms with Gasteiger partial charge in [0.25, 0.3) is 11.8 Å². The third kappa shape index (κ3) is 1.93. The first kappa shape index (κ1) is 12.3. The molecule has 4 nitrogen and oxygen atoms in total. The number of nitrogens with one attached hydrogen (secondary N) is 1. The van der Waals surface area contributed by atoms with Gasteiger partial charge >= 0.3 is 0 Å². The Kier molecular flexibility index (Phi) is 2.95. The monoisotopic (exact) mass is 270 g/mol. The number of para-hydroxylation sites is 1. The predicted molar refractivity (Wildman–Crippen MR) is 71.8 cm³/mol.